The summed E-state index contributed by atoms with van der Waals surface area (Å²) in [5.41, 5.74) is 2.37. The number of nitrogens with one attached hydrogen (secondary N) is 1. The number of carbonyl (C=O) groups excluding carboxylic acids is 1. The summed E-state index contributed by atoms with van der Waals surface area (Å²) in [5.74, 6) is -2.35. The van der Waals surface area contributed by atoms with Gasteiger partial charge in [0.25, 0.3) is 10.0 Å². The van der Waals surface area contributed by atoms with Crippen LogP contribution in [0.4, 0.5) is 11.4 Å². The molecule has 0 aliphatic rings. The minimum atomic E-state index is -4.38. The van der Waals surface area contributed by atoms with Gasteiger partial charge < -0.3 is 10.4 Å². The van der Waals surface area contributed by atoms with Crippen LogP contribution in [-0.4, -0.2) is 31.4 Å². The van der Waals surface area contributed by atoms with E-state index in [4.69, 9.17) is 11.6 Å². The lowest BCUT2D eigenvalue weighted by Crippen LogP contribution is -2.48. The predicted octanol–water partition coefficient (Wildman–Crippen LogP) is 6.81. The minimum Gasteiger partial charge on any atom is -0.480 e. The molecular weight excluding hydrogens is 560 g/mol. The molecule has 0 aromatic heterocycles. The van der Waals surface area contributed by atoms with E-state index in [9.17, 15) is 23.1 Å². The topological polar surface area (TPSA) is 104 Å². The summed E-state index contributed by atoms with van der Waals surface area (Å²) in [4.78, 5) is 25.4. The number of hydrogen-bond donors (Lipinski definition) is 2. The number of nitrogens with zero attached hydrogens (tertiary/aromatic N) is 1. The Labute approximate surface area is 245 Å². The van der Waals surface area contributed by atoms with Crippen molar-refractivity contribution in [2.24, 2.45) is 5.92 Å². The van der Waals surface area contributed by atoms with Crippen LogP contribution in [0, 0.1) is 5.92 Å². The molecule has 0 bridgehead atoms. The molecule has 0 aliphatic heterocycles. The van der Waals surface area contributed by atoms with E-state index in [-0.39, 0.29) is 39.5 Å². The molecule has 1 atom stereocenters. The van der Waals surface area contributed by atoms with Crippen molar-refractivity contribution < 1.29 is 23.1 Å². The molecule has 0 heterocycles. The maximum Gasteiger partial charge on any atom is 0.327 e. The first-order valence-corrected chi connectivity index (χ1v) is 14.9. The molecule has 0 saturated heterocycles. The maximum absolute atomic E-state index is 14.0. The van der Waals surface area contributed by atoms with Crippen molar-refractivity contribution in [3.63, 3.8) is 0 Å². The fraction of sp³-hybridized carbons (Fsp3) is 0.188. The molecule has 0 saturated carbocycles. The lowest BCUT2D eigenvalue weighted by Gasteiger charge is -2.32. The summed E-state index contributed by atoms with van der Waals surface area (Å²) >= 11 is 6.14. The Balaban J connectivity index is 1.65. The highest BCUT2D eigenvalue weighted by Crippen LogP contribution is 2.32. The molecule has 4 aromatic carbocycles. The second-order valence-corrected chi connectivity index (χ2v) is 12.2. The van der Waals surface area contributed by atoms with Gasteiger partial charge in [-0.05, 0) is 53.4 Å². The van der Waals surface area contributed by atoms with Gasteiger partial charge in [0.05, 0.1) is 10.6 Å². The Morgan fingerprint density at radius 1 is 0.829 bits per heavy atom. The lowest BCUT2D eigenvalue weighted by atomic mass is 9.88. The van der Waals surface area contributed by atoms with Crippen LogP contribution in [0.25, 0.3) is 0 Å². The molecule has 0 aliphatic carbocycles. The summed E-state index contributed by atoms with van der Waals surface area (Å²) in [6.45, 7) is 3.27. The number of halogens is 1. The third kappa shape index (κ3) is 7.14. The van der Waals surface area contributed by atoms with E-state index in [1.807, 2.05) is 60.7 Å². The zero-order chi connectivity index (χ0) is 29.6. The fourth-order valence-electron chi connectivity index (χ4n) is 4.76. The highest BCUT2D eigenvalue weighted by atomic mass is 35.5. The van der Waals surface area contributed by atoms with Gasteiger partial charge in [-0.25, -0.2) is 13.2 Å². The summed E-state index contributed by atoms with van der Waals surface area (Å²) in [5, 5.41) is 13.1. The number of aliphatic carboxylic acids is 1. The Hall–Kier alpha value is -4.14. The Morgan fingerprint density at radius 3 is 1.95 bits per heavy atom. The lowest BCUT2D eigenvalue weighted by molar-refractivity contribution is -0.139. The Kier molecular flexibility index (Phi) is 9.47. The number of carboxylic acid groups (broad SMARTS) is 1. The van der Waals surface area contributed by atoms with E-state index in [1.165, 1.54) is 30.3 Å². The standard InChI is InChI=1S/C32H31ClN2O5S/c1-22(2)31(32(37)38)35(27-17-9-15-25(33)19-27)41(39,40)28-18-10-16-26(20-28)34-30(36)21-29(23-11-5-3-6-12-23)24-13-7-4-8-14-24/h3-20,22,29,31H,21H2,1-2H3,(H,34,36)(H,37,38). The molecule has 7 nitrogen and oxygen atoms in total. The number of carboxylic acids is 1. The van der Waals surface area contributed by atoms with Crippen LogP contribution in [0.3, 0.4) is 0 Å². The maximum atomic E-state index is 14.0. The molecule has 0 spiro atoms. The first-order valence-electron chi connectivity index (χ1n) is 13.1. The molecule has 212 valence electrons. The zero-order valence-corrected chi connectivity index (χ0v) is 24.2. The second kappa shape index (κ2) is 13.0. The summed E-state index contributed by atoms with van der Waals surface area (Å²) in [6, 6.07) is 29.9. The average Bonchev–Trinajstić information content (AvgIpc) is 2.95. The molecule has 0 radical (unpaired) electrons. The number of anilines is 2. The normalized spacial score (nSPS) is 12.2. The molecule has 41 heavy (non-hydrogen) atoms. The van der Waals surface area contributed by atoms with Crippen molar-refractivity contribution in [2.75, 3.05) is 9.62 Å². The summed E-state index contributed by atoms with van der Waals surface area (Å²) in [6.07, 6.45) is 0.133. The predicted molar refractivity (Wildman–Crippen MR) is 162 cm³/mol. The number of carbonyl (C=O) groups is 2. The van der Waals surface area contributed by atoms with E-state index in [0.29, 0.717) is 0 Å². The van der Waals surface area contributed by atoms with Crippen LogP contribution in [0.5, 0.6) is 0 Å². The van der Waals surface area contributed by atoms with Crippen molar-refractivity contribution in [1.82, 2.24) is 0 Å². The van der Waals surface area contributed by atoms with Gasteiger partial charge in [-0.2, -0.15) is 0 Å². The van der Waals surface area contributed by atoms with Crippen molar-refractivity contribution >= 4 is 44.9 Å². The number of amides is 1. The van der Waals surface area contributed by atoms with Gasteiger partial charge in [0, 0.05) is 23.0 Å². The quantitative estimate of drug-likeness (QED) is 0.200. The Bertz CT molecular complexity index is 1570. The molecule has 0 fully saturated rings. The van der Waals surface area contributed by atoms with E-state index in [0.717, 1.165) is 15.4 Å². The van der Waals surface area contributed by atoms with Crippen LogP contribution in [0.2, 0.25) is 5.02 Å². The van der Waals surface area contributed by atoms with Crippen LogP contribution >= 0.6 is 11.6 Å². The van der Waals surface area contributed by atoms with E-state index in [1.54, 1.807) is 32.0 Å². The van der Waals surface area contributed by atoms with Gasteiger partial charge >= 0.3 is 5.97 Å². The molecular formula is C32H31ClN2O5S. The molecule has 2 N–H and O–H groups in total. The summed E-state index contributed by atoms with van der Waals surface area (Å²) < 4.78 is 28.9. The van der Waals surface area contributed by atoms with Gasteiger partial charge in [0.2, 0.25) is 5.91 Å². The van der Waals surface area contributed by atoms with Gasteiger partial charge in [0.1, 0.15) is 6.04 Å². The SMILES string of the molecule is CC(C)C(C(=O)O)N(c1cccc(Cl)c1)S(=O)(=O)c1cccc(NC(=O)CC(c2ccccc2)c2ccccc2)c1. The minimum absolute atomic E-state index is 0.126. The van der Waals surface area contributed by atoms with Gasteiger partial charge in [-0.1, -0.05) is 98.2 Å². The average molecular weight is 591 g/mol. The van der Waals surface area contributed by atoms with E-state index < -0.39 is 28.0 Å². The molecule has 4 rings (SSSR count). The van der Waals surface area contributed by atoms with E-state index >= 15 is 0 Å². The van der Waals surface area contributed by atoms with Crippen LogP contribution in [0.1, 0.15) is 37.3 Å². The van der Waals surface area contributed by atoms with Crippen LogP contribution < -0.4 is 9.62 Å². The third-order valence-corrected chi connectivity index (χ3v) is 8.71. The molecule has 1 unspecified atom stereocenters. The molecule has 4 aromatic rings. The monoisotopic (exact) mass is 590 g/mol. The van der Waals surface area contributed by atoms with Crippen LogP contribution in [0.15, 0.2) is 114 Å². The van der Waals surface area contributed by atoms with E-state index in [2.05, 4.69) is 5.32 Å². The molecule has 1 amide bonds. The third-order valence-electron chi connectivity index (χ3n) is 6.67. The Morgan fingerprint density at radius 2 is 1.41 bits per heavy atom. The number of hydrogen-bond acceptors (Lipinski definition) is 4. The highest BCUT2D eigenvalue weighted by Gasteiger charge is 2.38. The number of rotatable bonds is 11. The van der Waals surface area contributed by atoms with Gasteiger partial charge in [-0.15, -0.1) is 0 Å². The van der Waals surface area contributed by atoms with Crippen molar-refractivity contribution in [1.29, 1.82) is 0 Å². The van der Waals surface area contributed by atoms with Crippen molar-refractivity contribution in [3.05, 3.63) is 125 Å². The zero-order valence-electron chi connectivity index (χ0n) is 22.6. The summed E-state index contributed by atoms with van der Waals surface area (Å²) in [7, 11) is -4.38. The number of benzene rings is 4. The van der Waals surface area contributed by atoms with Crippen LogP contribution in [-0.2, 0) is 19.6 Å². The first kappa shape index (κ1) is 29.8. The second-order valence-electron chi connectivity index (χ2n) is 9.96. The smallest absolute Gasteiger partial charge is 0.327 e. The largest absolute Gasteiger partial charge is 0.480 e. The van der Waals surface area contributed by atoms with Crippen molar-refractivity contribution in [3.8, 4) is 0 Å². The van der Waals surface area contributed by atoms with Gasteiger partial charge in [0.15, 0.2) is 0 Å². The van der Waals surface area contributed by atoms with Crippen molar-refractivity contribution in [2.45, 2.75) is 37.1 Å². The van der Waals surface area contributed by atoms with Gasteiger partial charge in [-0.3, -0.25) is 9.10 Å². The molecule has 9 heteroatoms. The highest BCUT2D eigenvalue weighted by molar-refractivity contribution is 7.93. The fourth-order valence-corrected chi connectivity index (χ4v) is 6.72. The number of sulfonamides is 1. The first-order chi connectivity index (χ1) is 19.6.